The van der Waals surface area contributed by atoms with Gasteiger partial charge >= 0.3 is 0 Å². The van der Waals surface area contributed by atoms with Crippen LogP contribution in [0.25, 0.3) is 0 Å². The lowest BCUT2D eigenvalue weighted by molar-refractivity contribution is 0.0763. The molecule has 0 radical (unpaired) electrons. The van der Waals surface area contributed by atoms with Gasteiger partial charge in [-0.1, -0.05) is 12.8 Å². The third-order valence-electron chi connectivity index (χ3n) is 4.18. The number of nitrogens with one attached hydrogen (secondary N) is 1. The molecule has 0 amide bonds. The lowest BCUT2D eigenvalue weighted by Crippen LogP contribution is -2.30. The fourth-order valence-corrected chi connectivity index (χ4v) is 2.64. The van der Waals surface area contributed by atoms with Gasteiger partial charge in [0.2, 0.25) is 5.95 Å². The van der Waals surface area contributed by atoms with Crippen molar-refractivity contribution in [1.29, 1.82) is 0 Å². The number of aryl methyl sites for hydroxylation is 1. The third kappa shape index (κ3) is 3.39. The Labute approximate surface area is 121 Å². The van der Waals surface area contributed by atoms with Gasteiger partial charge in [-0.05, 0) is 26.7 Å². The van der Waals surface area contributed by atoms with E-state index >= 15 is 0 Å². The molecule has 2 rings (SSSR count). The Morgan fingerprint density at radius 2 is 1.90 bits per heavy atom. The summed E-state index contributed by atoms with van der Waals surface area (Å²) >= 11 is 0. The van der Waals surface area contributed by atoms with E-state index in [1.165, 1.54) is 6.42 Å². The molecular weight excluding hydrogens is 252 g/mol. The van der Waals surface area contributed by atoms with Crippen LogP contribution in [0.15, 0.2) is 0 Å². The average Bonchev–Trinajstić information content (AvgIpc) is 2.41. The zero-order valence-electron chi connectivity index (χ0n) is 13.0. The molecule has 1 saturated carbocycles. The Hall–Kier alpha value is -1.36. The lowest BCUT2D eigenvalue weighted by Gasteiger charge is -2.28. The van der Waals surface area contributed by atoms with Crippen LogP contribution in [0.4, 0.5) is 11.8 Å². The van der Waals surface area contributed by atoms with Crippen LogP contribution >= 0.6 is 0 Å². The van der Waals surface area contributed by atoms with Crippen molar-refractivity contribution in [2.45, 2.75) is 45.6 Å². The monoisotopic (exact) mass is 278 g/mol. The van der Waals surface area contributed by atoms with E-state index in [2.05, 4.69) is 15.3 Å². The van der Waals surface area contributed by atoms with E-state index in [-0.39, 0.29) is 6.10 Å². The molecular formula is C15H26N4O. The van der Waals surface area contributed by atoms with Crippen molar-refractivity contribution in [2.75, 3.05) is 30.9 Å². The highest BCUT2D eigenvalue weighted by atomic mass is 16.3. The van der Waals surface area contributed by atoms with E-state index < -0.39 is 0 Å². The van der Waals surface area contributed by atoms with Gasteiger partial charge < -0.3 is 15.3 Å². The van der Waals surface area contributed by atoms with Crippen LogP contribution in [0.3, 0.4) is 0 Å². The van der Waals surface area contributed by atoms with Gasteiger partial charge in [-0.3, -0.25) is 0 Å². The van der Waals surface area contributed by atoms with E-state index in [1.54, 1.807) is 0 Å². The summed E-state index contributed by atoms with van der Waals surface area (Å²) in [7, 11) is 3.89. The molecule has 112 valence electrons. The van der Waals surface area contributed by atoms with E-state index in [1.807, 2.05) is 32.8 Å². The van der Waals surface area contributed by atoms with Gasteiger partial charge in [0.05, 0.1) is 6.10 Å². The maximum absolute atomic E-state index is 10.0. The number of aromatic nitrogens is 2. The predicted molar refractivity (Wildman–Crippen MR) is 82.3 cm³/mol. The third-order valence-corrected chi connectivity index (χ3v) is 4.18. The number of hydrogen-bond acceptors (Lipinski definition) is 5. The number of aliphatic hydroxyl groups excluding tert-OH is 1. The number of hydrogen-bond donors (Lipinski definition) is 2. The number of aliphatic hydroxyl groups is 1. The van der Waals surface area contributed by atoms with Crippen molar-refractivity contribution in [3.63, 3.8) is 0 Å². The van der Waals surface area contributed by atoms with Gasteiger partial charge in [-0.25, -0.2) is 4.98 Å². The highest BCUT2D eigenvalue weighted by Gasteiger charge is 2.23. The number of anilines is 2. The molecule has 20 heavy (non-hydrogen) atoms. The minimum atomic E-state index is -0.173. The summed E-state index contributed by atoms with van der Waals surface area (Å²) < 4.78 is 0. The zero-order chi connectivity index (χ0) is 14.7. The Bertz CT molecular complexity index is 461. The summed E-state index contributed by atoms with van der Waals surface area (Å²) in [4.78, 5) is 10.9. The molecule has 5 nitrogen and oxygen atoms in total. The largest absolute Gasteiger partial charge is 0.393 e. The van der Waals surface area contributed by atoms with Crippen LogP contribution in [0.5, 0.6) is 0 Å². The average molecular weight is 278 g/mol. The lowest BCUT2D eigenvalue weighted by atomic mass is 9.86. The summed E-state index contributed by atoms with van der Waals surface area (Å²) in [6.07, 6.45) is 4.21. The molecule has 2 N–H and O–H groups in total. The van der Waals surface area contributed by atoms with Crippen molar-refractivity contribution in [1.82, 2.24) is 9.97 Å². The minimum Gasteiger partial charge on any atom is -0.393 e. The maximum atomic E-state index is 10.0. The Kier molecular flexibility index (Phi) is 4.81. The second-order valence-corrected chi connectivity index (χ2v) is 5.97. The molecule has 0 saturated heterocycles. The first kappa shape index (κ1) is 15.0. The topological polar surface area (TPSA) is 61.3 Å². The smallest absolute Gasteiger partial charge is 0.227 e. The summed E-state index contributed by atoms with van der Waals surface area (Å²) in [5.41, 5.74) is 2.08. The molecule has 1 aromatic heterocycles. The van der Waals surface area contributed by atoms with E-state index in [9.17, 15) is 5.11 Å². The molecule has 2 atom stereocenters. The van der Waals surface area contributed by atoms with Gasteiger partial charge in [0.25, 0.3) is 0 Å². The summed E-state index contributed by atoms with van der Waals surface area (Å²) in [5, 5.41) is 13.4. The van der Waals surface area contributed by atoms with Crippen molar-refractivity contribution in [3.05, 3.63) is 11.3 Å². The van der Waals surface area contributed by atoms with Crippen LogP contribution in [0.1, 0.15) is 36.9 Å². The van der Waals surface area contributed by atoms with Crippen molar-refractivity contribution < 1.29 is 5.11 Å². The standard InChI is InChI=1S/C15H26N4O/c1-10-11(2)17-15(19(3)4)18-14(10)16-9-12-7-5-6-8-13(12)20/h12-13,20H,5-9H2,1-4H3,(H,16,17,18)/t12-,13-/m0/s1. The molecule has 5 heteroatoms. The highest BCUT2D eigenvalue weighted by Crippen LogP contribution is 2.25. The summed E-state index contributed by atoms with van der Waals surface area (Å²) in [6, 6.07) is 0. The van der Waals surface area contributed by atoms with Crippen LogP contribution in [0.2, 0.25) is 0 Å². The fraction of sp³-hybridized carbons (Fsp3) is 0.733. The van der Waals surface area contributed by atoms with Crippen molar-refractivity contribution in [3.8, 4) is 0 Å². The van der Waals surface area contributed by atoms with Crippen molar-refractivity contribution >= 4 is 11.8 Å². The molecule has 1 heterocycles. The molecule has 1 aliphatic carbocycles. The van der Waals surface area contributed by atoms with Gasteiger partial charge in [0, 0.05) is 37.8 Å². The van der Waals surface area contributed by atoms with E-state index in [4.69, 9.17) is 0 Å². The SMILES string of the molecule is Cc1nc(N(C)C)nc(NC[C@@H]2CCCC[C@@H]2O)c1C. The Morgan fingerprint density at radius 1 is 1.20 bits per heavy atom. The molecule has 0 unspecified atom stereocenters. The molecule has 1 fully saturated rings. The van der Waals surface area contributed by atoms with Crippen molar-refractivity contribution in [2.24, 2.45) is 5.92 Å². The van der Waals surface area contributed by atoms with Crippen LogP contribution in [-0.2, 0) is 0 Å². The maximum Gasteiger partial charge on any atom is 0.227 e. The number of rotatable bonds is 4. The molecule has 1 aromatic rings. The molecule has 0 bridgehead atoms. The van der Waals surface area contributed by atoms with Gasteiger partial charge in [0.15, 0.2) is 0 Å². The summed E-state index contributed by atoms with van der Waals surface area (Å²) in [5.74, 6) is 1.94. The van der Waals surface area contributed by atoms with E-state index in [0.717, 1.165) is 48.8 Å². The second kappa shape index (κ2) is 6.39. The van der Waals surface area contributed by atoms with E-state index in [0.29, 0.717) is 5.92 Å². The molecule has 0 spiro atoms. The zero-order valence-corrected chi connectivity index (χ0v) is 13.0. The van der Waals surface area contributed by atoms with Crippen LogP contribution in [-0.4, -0.2) is 41.8 Å². The first-order valence-electron chi connectivity index (χ1n) is 7.43. The Balaban J connectivity index is 2.08. The second-order valence-electron chi connectivity index (χ2n) is 5.97. The van der Waals surface area contributed by atoms with Gasteiger partial charge in [-0.2, -0.15) is 4.98 Å². The normalized spacial score (nSPS) is 22.6. The Morgan fingerprint density at radius 3 is 2.55 bits per heavy atom. The predicted octanol–water partition coefficient (Wildman–Crippen LogP) is 2.12. The first-order chi connectivity index (χ1) is 9.49. The number of nitrogens with zero attached hydrogens (tertiary/aromatic N) is 3. The molecule has 0 aliphatic heterocycles. The first-order valence-corrected chi connectivity index (χ1v) is 7.43. The minimum absolute atomic E-state index is 0.173. The van der Waals surface area contributed by atoms with Gasteiger partial charge in [-0.15, -0.1) is 0 Å². The van der Waals surface area contributed by atoms with Gasteiger partial charge in [0.1, 0.15) is 5.82 Å². The van der Waals surface area contributed by atoms with Crippen LogP contribution in [0, 0.1) is 19.8 Å². The molecule has 0 aromatic carbocycles. The fourth-order valence-electron chi connectivity index (χ4n) is 2.64. The highest BCUT2D eigenvalue weighted by molar-refractivity contribution is 5.50. The van der Waals surface area contributed by atoms with Crippen LogP contribution < -0.4 is 10.2 Å². The quantitative estimate of drug-likeness (QED) is 0.883. The summed E-state index contributed by atoms with van der Waals surface area (Å²) in [6.45, 7) is 4.82. The molecule has 1 aliphatic rings.